The number of aliphatic hydroxyl groups is 1. The molecule has 2 rings (SSSR count). The molecule has 0 heterocycles. The van der Waals surface area contributed by atoms with Gasteiger partial charge >= 0.3 is 0 Å². The van der Waals surface area contributed by atoms with E-state index in [0.717, 1.165) is 11.1 Å². The molecule has 0 aliphatic carbocycles. The topological polar surface area (TPSA) is 20.2 Å². The maximum absolute atomic E-state index is 10.3. The maximum Gasteiger partial charge on any atom is 0.104 e. The van der Waals surface area contributed by atoms with E-state index in [1.165, 1.54) is 16.7 Å². The first-order chi connectivity index (χ1) is 8.06. The molecule has 88 valence electrons. The Morgan fingerprint density at radius 2 is 1.24 bits per heavy atom. The summed E-state index contributed by atoms with van der Waals surface area (Å²) in [5, 5.41) is 10.3. The SMILES string of the molecule is Cc1ccc([C@H](O)c2cc(C)cc(C)c2)cc1. The van der Waals surface area contributed by atoms with Gasteiger partial charge in [0, 0.05) is 0 Å². The van der Waals surface area contributed by atoms with Crippen LogP contribution in [0.25, 0.3) is 0 Å². The quantitative estimate of drug-likeness (QED) is 0.828. The van der Waals surface area contributed by atoms with Crippen molar-refractivity contribution in [3.63, 3.8) is 0 Å². The van der Waals surface area contributed by atoms with E-state index < -0.39 is 6.10 Å². The molecule has 0 radical (unpaired) electrons. The van der Waals surface area contributed by atoms with Gasteiger partial charge in [-0.25, -0.2) is 0 Å². The van der Waals surface area contributed by atoms with Gasteiger partial charge in [-0.05, 0) is 31.9 Å². The zero-order chi connectivity index (χ0) is 12.4. The summed E-state index contributed by atoms with van der Waals surface area (Å²) >= 11 is 0. The smallest absolute Gasteiger partial charge is 0.104 e. The van der Waals surface area contributed by atoms with Crippen molar-refractivity contribution >= 4 is 0 Å². The van der Waals surface area contributed by atoms with E-state index in [-0.39, 0.29) is 0 Å². The molecule has 0 bridgehead atoms. The molecule has 1 N–H and O–H groups in total. The van der Waals surface area contributed by atoms with Gasteiger partial charge < -0.3 is 5.11 Å². The fraction of sp³-hybridized carbons (Fsp3) is 0.250. The second-order valence-corrected chi connectivity index (χ2v) is 4.73. The van der Waals surface area contributed by atoms with Crippen molar-refractivity contribution in [3.8, 4) is 0 Å². The molecule has 1 nitrogen and oxygen atoms in total. The lowest BCUT2D eigenvalue weighted by Gasteiger charge is -2.13. The van der Waals surface area contributed by atoms with Crippen molar-refractivity contribution < 1.29 is 5.11 Å². The van der Waals surface area contributed by atoms with Gasteiger partial charge in [0.2, 0.25) is 0 Å². The number of rotatable bonds is 2. The Hall–Kier alpha value is -1.60. The number of hydrogen-bond acceptors (Lipinski definition) is 1. The van der Waals surface area contributed by atoms with E-state index in [2.05, 4.69) is 19.9 Å². The fourth-order valence-corrected chi connectivity index (χ4v) is 2.11. The van der Waals surface area contributed by atoms with Gasteiger partial charge in [0.15, 0.2) is 0 Å². The van der Waals surface area contributed by atoms with Gasteiger partial charge in [0.05, 0.1) is 0 Å². The van der Waals surface area contributed by atoms with E-state index in [1.54, 1.807) is 0 Å². The molecule has 0 amide bonds. The highest BCUT2D eigenvalue weighted by Crippen LogP contribution is 2.24. The Bertz CT molecular complexity index is 491. The predicted molar refractivity (Wildman–Crippen MR) is 71.2 cm³/mol. The van der Waals surface area contributed by atoms with Crippen LogP contribution >= 0.6 is 0 Å². The molecule has 0 fully saturated rings. The van der Waals surface area contributed by atoms with Crippen LogP contribution in [0.5, 0.6) is 0 Å². The van der Waals surface area contributed by atoms with Gasteiger partial charge in [0.25, 0.3) is 0 Å². The lowest BCUT2D eigenvalue weighted by Crippen LogP contribution is -2.00. The van der Waals surface area contributed by atoms with Gasteiger partial charge in [-0.1, -0.05) is 59.2 Å². The molecule has 2 aromatic carbocycles. The van der Waals surface area contributed by atoms with Crippen molar-refractivity contribution in [1.82, 2.24) is 0 Å². The van der Waals surface area contributed by atoms with Gasteiger partial charge in [-0.2, -0.15) is 0 Å². The van der Waals surface area contributed by atoms with Crippen LogP contribution < -0.4 is 0 Å². The van der Waals surface area contributed by atoms with Crippen molar-refractivity contribution in [2.24, 2.45) is 0 Å². The zero-order valence-electron chi connectivity index (χ0n) is 10.6. The van der Waals surface area contributed by atoms with E-state index >= 15 is 0 Å². The van der Waals surface area contributed by atoms with Crippen molar-refractivity contribution in [2.75, 3.05) is 0 Å². The lowest BCUT2D eigenvalue weighted by molar-refractivity contribution is 0.220. The summed E-state index contributed by atoms with van der Waals surface area (Å²) in [6, 6.07) is 14.2. The van der Waals surface area contributed by atoms with E-state index in [1.807, 2.05) is 43.3 Å². The minimum atomic E-state index is -0.533. The molecule has 1 atom stereocenters. The molecule has 1 heteroatoms. The molecule has 0 saturated heterocycles. The predicted octanol–water partition coefficient (Wildman–Crippen LogP) is 3.69. The minimum Gasteiger partial charge on any atom is -0.384 e. The number of aliphatic hydroxyl groups excluding tert-OH is 1. The molecular formula is C16H18O. The highest BCUT2D eigenvalue weighted by atomic mass is 16.3. The highest BCUT2D eigenvalue weighted by Gasteiger charge is 2.10. The summed E-state index contributed by atoms with van der Waals surface area (Å²) in [6.45, 7) is 6.16. The van der Waals surface area contributed by atoms with Crippen LogP contribution in [-0.4, -0.2) is 5.11 Å². The van der Waals surface area contributed by atoms with Gasteiger partial charge in [-0.15, -0.1) is 0 Å². The highest BCUT2D eigenvalue weighted by molar-refractivity contribution is 5.36. The average Bonchev–Trinajstić information content (AvgIpc) is 2.28. The molecule has 2 aromatic rings. The van der Waals surface area contributed by atoms with Gasteiger partial charge in [0.1, 0.15) is 6.10 Å². The summed E-state index contributed by atoms with van der Waals surface area (Å²) < 4.78 is 0. The first kappa shape index (κ1) is 11.9. The normalized spacial score (nSPS) is 12.5. The summed E-state index contributed by atoms with van der Waals surface area (Å²) in [4.78, 5) is 0. The Kier molecular flexibility index (Phi) is 3.30. The number of hydrogen-bond donors (Lipinski definition) is 1. The first-order valence-corrected chi connectivity index (χ1v) is 5.89. The van der Waals surface area contributed by atoms with Crippen molar-refractivity contribution in [1.29, 1.82) is 0 Å². The summed E-state index contributed by atoms with van der Waals surface area (Å²) in [6.07, 6.45) is -0.533. The second kappa shape index (κ2) is 4.72. The molecule has 0 aliphatic heterocycles. The minimum absolute atomic E-state index is 0.533. The first-order valence-electron chi connectivity index (χ1n) is 5.89. The second-order valence-electron chi connectivity index (χ2n) is 4.73. The molecular weight excluding hydrogens is 208 g/mol. The van der Waals surface area contributed by atoms with Crippen LogP contribution in [0.4, 0.5) is 0 Å². The number of benzene rings is 2. The Morgan fingerprint density at radius 3 is 1.76 bits per heavy atom. The van der Waals surface area contributed by atoms with Gasteiger partial charge in [-0.3, -0.25) is 0 Å². The van der Waals surface area contributed by atoms with E-state index in [0.29, 0.717) is 0 Å². The molecule has 0 aliphatic rings. The van der Waals surface area contributed by atoms with E-state index in [4.69, 9.17) is 0 Å². The van der Waals surface area contributed by atoms with Crippen LogP contribution in [0.15, 0.2) is 42.5 Å². The van der Waals surface area contributed by atoms with Crippen LogP contribution in [-0.2, 0) is 0 Å². The summed E-state index contributed by atoms with van der Waals surface area (Å²) in [5.41, 5.74) is 5.49. The largest absolute Gasteiger partial charge is 0.384 e. The Labute approximate surface area is 103 Å². The molecule has 0 unspecified atom stereocenters. The third-order valence-corrected chi connectivity index (χ3v) is 2.95. The Balaban J connectivity index is 2.36. The van der Waals surface area contributed by atoms with Crippen molar-refractivity contribution in [3.05, 3.63) is 70.3 Å². The third-order valence-electron chi connectivity index (χ3n) is 2.95. The zero-order valence-corrected chi connectivity index (χ0v) is 10.6. The van der Waals surface area contributed by atoms with E-state index in [9.17, 15) is 5.11 Å². The molecule has 0 saturated carbocycles. The lowest BCUT2D eigenvalue weighted by atomic mass is 9.97. The fourth-order valence-electron chi connectivity index (χ4n) is 2.11. The maximum atomic E-state index is 10.3. The van der Waals surface area contributed by atoms with Crippen LogP contribution in [0.2, 0.25) is 0 Å². The summed E-state index contributed by atoms with van der Waals surface area (Å²) in [5.74, 6) is 0. The monoisotopic (exact) mass is 226 g/mol. The Morgan fingerprint density at radius 1 is 0.706 bits per heavy atom. The van der Waals surface area contributed by atoms with Crippen LogP contribution in [0.3, 0.4) is 0 Å². The molecule has 17 heavy (non-hydrogen) atoms. The summed E-state index contributed by atoms with van der Waals surface area (Å²) in [7, 11) is 0. The molecule has 0 spiro atoms. The van der Waals surface area contributed by atoms with Crippen LogP contribution in [0, 0.1) is 20.8 Å². The third kappa shape index (κ3) is 2.75. The average molecular weight is 226 g/mol. The number of aryl methyl sites for hydroxylation is 3. The van der Waals surface area contributed by atoms with Crippen molar-refractivity contribution in [2.45, 2.75) is 26.9 Å². The molecule has 0 aromatic heterocycles. The standard InChI is InChI=1S/C16H18O/c1-11-4-6-14(7-5-11)16(17)15-9-12(2)8-13(3)10-15/h4-10,16-17H,1-3H3/t16-/m0/s1. The van der Waals surface area contributed by atoms with Crippen LogP contribution in [0.1, 0.15) is 33.9 Å².